The van der Waals surface area contributed by atoms with Crippen LogP contribution in [0.5, 0.6) is 0 Å². The Hall–Kier alpha value is -4.31. The molecule has 1 aliphatic heterocycles. The molecule has 3 heterocycles. The van der Waals surface area contributed by atoms with E-state index in [-0.39, 0.29) is 24.0 Å². The number of halogens is 1. The van der Waals surface area contributed by atoms with Gasteiger partial charge in [-0.1, -0.05) is 11.6 Å². The van der Waals surface area contributed by atoms with Gasteiger partial charge in [-0.3, -0.25) is 4.79 Å². The molecular weight excluding hydrogens is 488 g/mol. The number of nitrogens with one attached hydrogen (secondary N) is 4. The van der Waals surface area contributed by atoms with E-state index < -0.39 is 12.1 Å². The van der Waals surface area contributed by atoms with Crippen LogP contribution in [0.2, 0.25) is 5.02 Å². The van der Waals surface area contributed by atoms with Gasteiger partial charge in [0.1, 0.15) is 6.07 Å². The molecule has 1 atom stereocenters. The van der Waals surface area contributed by atoms with Gasteiger partial charge in [0.25, 0.3) is 0 Å². The van der Waals surface area contributed by atoms with Crippen molar-refractivity contribution >= 4 is 58.0 Å². The number of benzene rings is 1. The molecule has 0 saturated carbocycles. The zero-order valence-corrected chi connectivity index (χ0v) is 20.7. The molecule has 188 valence electrons. The summed E-state index contributed by atoms with van der Waals surface area (Å²) in [5.41, 5.74) is 2.56. The predicted octanol–water partition coefficient (Wildman–Crippen LogP) is 2.37. The number of piperidine rings is 1. The Morgan fingerprint density at radius 2 is 2.19 bits per heavy atom. The Morgan fingerprint density at radius 3 is 2.86 bits per heavy atom. The summed E-state index contributed by atoms with van der Waals surface area (Å²) >= 11 is 6.79. The number of ether oxygens (including phenoxy) is 1. The summed E-state index contributed by atoms with van der Waals surface area (Å²) in [6.45, 7) is 3.06. The van der Waals surface area contributed by atoms with Crippen molar-refractivity contribution in [2.45, 2.75) is 19.4 Å². The quantitative estimate of drug-likeness (QED) is 0.367. The Balaban J connectivity index is 1.66. The van der Waals surface area contributed by atoms with Crippen LogP contribution >= 0.6 is 11.6 Å². The number of nitrogens with zero attached hydrogens (tertiary/aromatic N) is 6. The summed E-state index contributed by atoms with van der Waals surface area (Å²) < 4.78 is 6.01. The third kappa shape index (κ3) is 4.89. The first kappa shape index (κ1) is 24.8. The third-order valence-electron chi connectivity index (χ3n) is 5.65. The summed E-state index contributed by atoms with van der Waals surface area (Å²) in [5, 5.41) is 26.1. The molecule has 1 fully saturated rings. The molecule has 0 aliphatic carbocycles. The lowest BCUT2D eigenvalue weighted by atomic mass is 10.0. The van der Waals surface area contributed by atoms with Gasteiger partial charge < -0.3 is 30.9 Å². The fourth-order valence-electron chi connectivity index (χ4n) is 3.87. The fraction of sp³-hybridized carbons (Fsp3) is 0.364. The van der Waals surface area contributed by atoms with Crippen LogP contribution in [0, 0.1) is 11.3 Å². The Morgan fingerprint density at radius 1 is 1.39 bits per heavy atom. The van der Waals surface area contributed by atoms with Gasteiger partial charge in [0.2, 0.25) is 5.95 Å². The van der Waals surface area contributed by atoms with Gasteiger partial charge in [-0.15, -0.1) is 5.10 Å². The molecule has 1 aliphatic rings. The normalized spacial score (nSPS) is 15.4. The van der Waals surface area contributed by atoms with Crippen molar-refractivity contribution in [3.05, 3.63) is 29.0 Å². The molecule has 1 amide bonds. The average Bonchev–Trinajstić information content (AvgIpc) is 3.30. The Labute approximate surface area is 211 Å². The van der Waals surface area contributed by atoms with E-state index in [1.165, 1.54) is 17.8 Å². The maximum absolute atomic E-state index is 12.7. The molecule has 0 radical (unpaired) electrons. The number of alkyl carbamates (subject to hydrolysis) is 1. The van der Waals surface area contributed by atoms with Crippen LogP contribution in [0.1, 0.15) is 19.0 Å². The van der Waals surface area contributed by atoms with Crippen molar-refractivity contribution in [1.29, 1.82) is 5.26 Å². The lowest BCUT2D eigenvalue weighted by Crippen LogP contribution is -2.51. The largest absolute Gasteiger partial charge is 0.453 e. The molecule has 2 aromatic heterocycles. The van der Waals surface area contributed by atoms with E-state index in [1.54, 1.807) is 13.1 Å². The van der Waals surface area contributed by atoms with Crippen molar-refractivity contribution in [1.82, 2.24) is 24.9 Å². The number of carbonyl (C=O) groups excluding carboxylic acids is 2. The molecule has 4 N–H and O–H groups in total. The van der Waals surface area contributed by atoms with Crippen LogP contribution in [-0.2, 0) is 9.53 Å². The van der Waals surface area contributed by atoms with Crippen molar-refractivity contribution < 1.29 is 14.3 Å². The lowest BCUT2D eigenvalue weighted by molar-refractivity contribution is -0.120. The number of nitriles is 1. The number of aromatic nitrogens is 4. The molecular formula is C22H25ClN10O3. The summed E-state index contributed by atoms with van der Waals surface area (Å²) in [7, 11) is 3.02. The van der Waals surface area contributed by atoms with E-state index in [0.717, 1.165) is 5.69 Å². The van der Waals surface area contributed by atoms with Crippen LogP contribution < -0.4 is 26.2 Å². The van der Waals surface area contributed by atoms with Crippen LogP contribution in [0.25, 0.3) is 5.65 Å². The number of fused-ring (bicyclic) bond motifs is 1. The lowest BCUT2D eigenvalue weighted by Gasteiger charge is -2.33. The SMILES string of the molecule is CCNc1nc(Nc2cc(NC)cc(N3CC[C@@H](NC(=O)OC)C(=O)C3)c2Cl)nn2c(C#N)cnc12. The maximum atomic E-state index is 12.7. The van der Waals surface area contributed by atoms with Gasteiger partial charge >= 0.3 is 6.09 Å². The highest BCUT2D eigenvalue weighted by atomic mass is 35.5. The van der Waals surface area contributed by atoms with E-state index in [2.05, 4.69) is 47.1 Å². The highest BCUT2D eigenvalue weighted by Gasteiger charge is 2.30. The van der Waals surface area contributed by atoms with Crippen LogP contribution in [0.4, 0.5) is 33.6 Å². The molecule has 4 rings (SSSR count). The Bertz CT molecular complexity index is 1350. The van der Waals surface area contributed by atoms with E-state index >= 15 is 0 Å². The minimum atomic E-state index is -0.644. The number of anilines is 5. The number of Topliss-reactive ketones (excluding diaryl/α,β-unsaturated/α-hetero) is 1. The third-order valence-corrected chi connectivity index (χ3v) is 6.05. The monoisotopic (exact) mass is 512 g/mol. The first-order valence-corrected chi connectivity index (χ1v) is 11.6. The second kappa shape index (κ2) is 10.5. The highest BCUT2D eigenvalue weighted by Crippen LogP contribution is 2.38. The summed E-state index contributed by atoms with van der Waals surface area (Å²) in [6.07, 6.45) is 1.19. The highest BCUT2D eigenvalue weighted by molar-refractivity contribution is 6.36. The minimum absolute atomic E-state index is 0.0641. The number of methoxy groups -OCH3 is 1. The molecule has 3 aromatic rings. The molecule has 13 nitrogen and oxygen atoms in total. The number of carbonyl (C=O) groups is 2. The second-order valence-corrected chi connectivity index (χ2v) is 8.28. The van der Waals surface area contributed by atoms with Crippen molar-refractivity contribution in [2.75, 3.05) is 54.6 Å². The van der Waals surface area contributed by atoms with Gasteiger partial charge in [0, 0.05) is 25.8 Å². The maximum Gasteiger partial charge on any atom is 0.407 e. The van der Waals surface area contributed by atoms with E-state index in [9.17, 15) is 14.9 Å². The number of ketones is 1. The van der Waals surface area contributed by atoms with E-state index in [1.807, 2.05) is 17.9 Å². The van der Waals surface area contributed by atoms with Gasteiger partial charge in [-0.2, -0.15) is 14.8 Å². The fourth-order valence-corrected chi connectivity index (χ4v) is 4.15. The molecule has 14 heteroatoms. The van der Waals surface area contributed by atoms with Gasteiger partial charge in [-0.25, -0.2) is 9.78 Å². The zero-order chi connectivity index (χ0) is 25.8. The van der Waals surface area contributed by atoms with E-state index in [0.29, 0.717) is 47.4 Å². The van der Waals surface area contributed by atoms with Crippen LogP contribution in [-0.4, -0.2) is 71.3 Å². The smallest absolute Gasteiger partial charge is 0.407 e. The number of rotatable bonds is 7. The van der Waals surface area contributed by atoms with Gasteiger partial charge in [-0.05, 0) is 25.5 Å². The van der Waals surface area contributed by atoms with Crippen LogP contribution in [0.15, 0.2) is 18.3 Å². The Kier molecular flexibility index (Phi) is 7.25. The van der Waals surface area contributed by atoms with Crippen LogP contribution in [0.3, 0.4) is 0 Å². The summed E-state index contributed by atoms with van der Waals surface area (Å²) in [4.78, 5) is 34.8. The molecule has 1 saturated heterocycles. The number of amides is 1. The summed E-state index contributed by atoms with van der Waals surface area (Å²) in [5.74, 6) is 0.509. The van der Waals surface area contributed by atoms with Gasteiger partial charge in [0.15, 0.2) is 22.9 Å². The van der Waals surface area contributed by atoms with Crippen molar-refractivity contribution in [3.63, 3.8) is 0 Å². The van der Waals surface area contributed by atoms with Gasteiger partial charge in [0.05, 0.1) is 42.3 Å². The first-order chi connectivity index (χ1) is 17.4. The second-order valence-electron chi connectivity index (χ2n) is 7.90. The number of hydrogen-bond donors (Lipinski definition) is 4. The summed E-state index contributed by atoms with van der Waals surface area (Å²) in [6, 6.07) is 5.07. The predicted molar refractivity (Wildman–Crippen MR) is 135 cm³/mol. The molecule has 0 spiro atoms. The van der Waals surface area contributed by atoms with Crippen molar-refractivity contribution in [2.24, 2.45) is 0 Å². The zero-order valence-electron chi connectivity index (χ0n) is 19.9. The number of hydrogen-bond acceptors (Lipinski definition) is 11. The molecule has 36 heavy (non-hydrogen) atoms. The molecule has 0 bridgehead atoms. The van der Waals surface area contributed by atoms with Crippen molar-refractivity contribution in [3.8, 4) is 6.07 Å². The topological polar surface area (TPSA) is 162 Å². The standard InChI is InChI=1S/C22H25ClN10O3/c1-4-26-19-20-27-10-13(9-24)33(20)31-21(30-19)28-15-7-12(25-2)8-16(18(15)23)32-6-5-14(17(34)11-32)29-22(35)36-3/h7-8,10,14,25H,4-6,11H2,1-3H3,(H,29,35)(H2,26,28,30,31)/t14-/m1/s1. The first-order valence-electron chi connectivity index (χ1n) is 11.2. The average molecular weight is 513 g/mol. The molecule has 0 unspecified atom stereocenters. The van der Waals surface area contributed by atoms with E-state index in [4.69, 9.17) is 11.6 Å². The molecule has 1 aromatic carbocycles. The minimum Gasteiger partial charge on any atom is -0.453 e. The number of imidazole rings is 1.